The molecule has 0 amide bonds. The van der Waals surface area contributed by atoms with Gasteiger partial charge < -0.3 is 24.7 Å². The van der Waals surface area contributed by atoms with Crippen molar-refractivity contribution >= 4 is 39.9 Å². The van der Waals surface area contributed by atoms with Crippen LogP contribution in [0.2, 0.25) is 0 Å². The number of aromatic nitrogens is 1. The van der Waals surface area contributed by atoms with Gasteiger partial charge in [0, 0.05) is 28.8 Å². The van der Waals surface area contributed by atoms with Crippen molar-refractivity contribution in [2.24, 2.45) is 0 Å². The van der Waals surface area contributed by atoms with Crippen LogP contribution in [0.3, 0.4) is 0 Å². The second-order valence-corrected chi connectivity index (χ2v) is 8.57. The molecule has 0 saturated heterocycles. The molecule has 0 fully saturated rings. The van der Waals surface area contributed by atoms with Crippen LogP contribution in [-0.4, -0.2) is 41.7 Å². The van der Waals surface area contributed by atoms with Gasteiger partial charge in [-0.25, -0.2) is 4.79 Å². The number of nitrogens with one attached hydrogen (secondary N) is 2. The zero-order valence-electron chi connectivity index (χ0n) is 19.0. The number of H-pyrrole nitrogens is 1. The molecule has 0 spiro atoms. The minimum absolute atomic E-state index is 0.0918. The number of hydrogen-bond acceptors (Lipinski definition) is 4. The molecule has 1 aliphatic heterocycles. The lowest BCUT2D eigenvalue weighted by molar-refractivity contribution is 0.0601. The predicted octanol–water partition coefficient (Wildman–Crippen LogP) is 5.31. The second kappa shape index (κ2) is 9.19. The van der Waals surface area contributed by atoms with Crippen molar-refractivity contribution in [1.29, 1.82) is 0 Å². The van der Waals surface area contributed by atoms with Gasteiger partial charge in [-0.3, -0.25) is 0 Å². The summed E-state index contributed by atoms with van der Waals surface area (Å²) in [5, 5.41) is 5.17. The van der Waals surface area contributed by atoms with Crippen molar-refractivity contribution in [3.05, 3.63) is 95.2 Å². The molecule has 6 nitrogen and oxygen atoms in total. The van der Waals surface area contributed by atoms with Crippen molar-refractivity contribution in [3.8, 4) is 5.75 Å². The Labute approximate surface area is 203 Å². The highest BCUT2D eigenvalue weighted by Gasteiger charge is 2.33. The lowest BCUT2D eigenvalue weighted by atomic mass is 9.92. The molecule has 7 heteroatoms. The number of carbonyl (C=O) groups is 1. The van der Waals surface area contributed by atoms with E-state index in [1.807, 2.05) is 30.3 Å². The van der Waals surface area contributed by atoms with Crippen LogP contribution in [-0.2, 0) is 11.2 Å². The number of hydrogen-bond donors (Lipinski definition) is 2. The van der Waals surface area contributed by atoms with Crippen molar-refractivity contribution < 1.29 is 14.3 Å². The van der Waals surface area contributed by atoms with E-state index in [1.165, 1.54) is 18.1 Å². The molecule has 0 aliphatic carbocycles. The lowest BCUT2D eigenvalue weighted by Crippen LogP contribution is -2.42. The molecule has 1 atom stereocenters. The maximum absolute atomic E-state index is 12.0. The summed E-state index contributed by atoms with van der Waals surface area (Å²) >= 11 is 5.89. The maximum atomic E-state index is 12.0. The molecule has 2 heterocycles. The van der Waals surface area contributed by atoms with Gasteiger partial charge in [-0.05, 0) is 66.2 Å². The highest BCUT2D eigenvalue weighted by atomic mass is 32.1. The molecule has 3 aromatic carbocycles. The summed E-state index contributed by atoms with van der Waals surface area (Å²) in [5.74, 6) is 0.426. The van der Waals surface area contributed by atoms with Crippen molar-refractivity contribution in [2.75, 3.05) is 26.1 Å². The molecule has 1 aliphatic rings. The number of methoxy groups -OCH3 is 2. The van der Waals surface area contributed by atoms with Gasteiger partial charge in [0.2, 0.25) is 0 Å². The van der Waals surface area contributed by atoms with Crippen LogP contribution in [0.15, 0.2) is 72.8 Å². The number of aromatic amines is 1. The Balaban J connectivity index is 1.52. The fraction of sp³-hybridized carbons (Fsp3) is 0.185. The summed E-state index contributed by atoms with van der Waals surface area (Å²) in [5.41, 5.74) is 5.91. The number of rotatable bonds is 4. The minimum atomic E-state index is -0.383. The Bertz CT molecular complexity index is 1360. The first kappa shape index (κ1) is 22.0. The SMILES string of the molecule is COC(=O)c1cccc(NC(=S)N2CCc3c([nH]c4ccccc34)C2c2ccc(OC)cc2)c1. The van der Waals surface area contributed by atoms with Crippen LogP contribution in [0.5, 0.6) is 5.75 Å². The lowest BCUT2D eigenvalue weighted by Gasteiger charge is -2.38. The second-order valence-electron chi connectivity index (χ2n) is 8.18. The standard InChI is InChI=1S/C27H25N3O3S/c1-32-20-12-10-17(11-13-20)25-24-22(21-8-3-4-9-23(21)29-24)14-15-30(25)27(34)28-19-7-5-6-18(16-19)26(31)33-2/h3-13,16,25,29H,14-15H2,1-2H3,(H,28,34). The summed E-state index contributed by atoms with van der Waals surface area (Å²) in [6.07, 6.45) is 0.871. The normalized spacial score (nSPS) is 15.0. The Kier molecular flexibility index (Phi) is 5.94. The zero-order valence-corrected chi connectivity index (χ0v) is 19.8. The quantitative estimate of drug-likeness (QED) is 0.311. The van der Waals surface area contributed by atoms with E-state index in [4.69, 9.17) is 21.7 Å². The summed E-state index contributed by atoms with van der Waals surface area (Å²) in [4.78, 5) is 17.8. The molecule has 5 rings (SSSR count). The summed E-state index contributed by atoms with van der Waals surface area (Å²) in [7, 11) is 3.04. The molecule has 0 radical (unpaired) electrons. The van der Waals surface area contributed by atoms with Gasteiger partial charge in [0.05, 0.1) is 25.8 Å². The molecule has 34 heavy (non-hydrogen) atoms. The molecule has 1 aromatic heterocycles. The summed E-state index contributed by atoms with van der Waals surface area (Å²) < 4.78 is 10.2. The topological polar surface area (TPSA) is 66.6 Å². The first-order valence-corrected chi connectivity index (χ1v) is 11.5. The molecule has 4 aromatic rings. The highest BCUT2D eigenvalue weighted by Crippen LogP contribution is 2.39. The number of esters is 1. The zero-order chi connectivity index (χ0) is 23.7. The molecule has 1 unspecified atom stereocenters. The average molecular weight is 472 g/mol. The average Bonchev–Trinajstić information content (AvgIpc) is 3.26. The summed E-state index contributed by atoms with van der Waals surface area (Å²) in [6, 6.07) is 23.6. The number of para-hydroxylation sites is 1. The Morgan fingerprint density at radius 3 is 2.62 bits per heavy atom. The molecule has 0 saturated carbocycles. The van der Waals surface area contributed by atoms with Gasteiger partial charge in [0.25, 0.3) is 0 Å². The van der Waals surface area contributed by atoms with Crippen LogP contribution in [0, 0.1) is 0 Å². The van der Waals surface area contributed by atoms with Gasteiger partial charge in [-0.2, -0.15) is 0 Å². The number of thiocarbonyl (C=S) groups is 1. The van der Waals surface area contributed by atoms with Crippen LogP contribution >= 0.6 is 12.2 Å². The number of anilines is 1. The van der Waals surface area contributed by atoms with Gasteiger partial charge in [-0.15, -0.1) is 0 Å². The van der Waals surface area contributed by atoms with Gasteiger partial charge >= 0.3 is 5.97 Å². The molecule has 2 N–H and O–H groups in total. The third kappa shape index (κ3) is 3.99. The van der Waals surface area contributed by atoms with Crippen LogP contribution in [0.1, 0.15) is 33.2 Å². The van der Waals surface area contributed by atoms with E-state index in [0.29, 0.717) is 10.7 Å². The van der Waals surface area contributed by atoms with Crippen LogP contribution < -0.4 is 10.1 Å². The van der Waals surface area contributed by atoms with Crippen molar-refractivity contribution in [2.45, 2.75) is 12.5 Å². The monoisotopic (exact) mass is 471 g/mol. The fourth-order valence-electron chi connectivity index (χ4n) is 4.63. The first-order chi connectivity index (χ1) is 16.6. The number of fused-ring (bicyclic) bond motifs is 3. The predicted molar refractivity (Wildman–Crippen MR) is 138 cm³/mol. The molecular formula is C27H25N3O3S. The summed E-state index contributed by atoms with van der Waals surface area (Å²) in [6.45, 7) is 0.758. The van der Waals surface area contributed by atoms with Crippen molar-refractivity contribution in [3.63, 3.8) is 0 Å². The third-order valence-electron chi connectivity index (χ3n) is 6.26. The van der Waals surface area contributed by atoms with Crippen LogP contribution in [0.4, 0.5) is 5.69 Å². The fourth-order valence-corrected chi connectivity index (χ4v) is 4.94. The van der Waals surface area contributed by atoms with E-state index in [9.17, 15) is 4.79 Å². The van der Waals surface area contributed by atoms with Gasteiger partial charge in [0.1, 0.15) is 5.75 Å². The van der Waals surface area contributed by atoms with E-state index in [-0.39, 0.29) is 12.0 Å². The maximum Gasteiger partial charge on any atom is 0.337 e. The van der Waals surface area contributed by atoms with E-state index in [2.05, 4.69) is 45.5 Å². The first-order valence-electron chi connectivity index (χ1n) is 11.1. The van der Waals surface area contributed by atoms with Crippen molar-refractivity contribution in [1.82, 2.24) is 9.88 Å². The number of nitrogens with zero attached hydrogens (tertiary/aromatic N) is 1. The molecular weight excluding hydrogens is 446 g/mol. The Morgan fingerprint density at radius 1 is 1.06 bits per heavy atom. The van der Waals surface area contributed by atoms with E-state index >= 15 is 0 Å². The number of ether oxygens (including phenoxy) is 2. The third-order valence-corrected chi connectivity index (χ3v) is 6.60. The molecule has 0 bridgehead atoms. The number of benzene rings is 3. The Morgan fingerprint density at radius 2 is 1.85 bits per heavy atom. The van der Waals surface area contributed by atoms with Gasteiger partial charge in [0.15, 0.2) is 5.11 Å². The van der Waals surface area contributed by atoms with E-state index in [1.54, 1.807) is 19.2 Å². The highest BCUT2D eigenvalue weighted by molar-refractivity contribution is 7.80. The van der Waals surface area contributed by atoms with E-state index in [0.717, 1.165) is 41.2 Å². The number of carbonyl (C=O) groups excluding carboxylic acids is 1. The van der Waals surface area contributed by atoms with E-state index < -0.39 is 0 Å². The molecule has 172 valence electrons. The van der Waals surface area contributed by atoms with Gasteiger partial charge in [-0.1, -0.05) is 36.4 Å². The largest absolute Gasteiger partial charge is 0.497 e. The minimum Gasteiger partial charge on any atom is -0.497 e. The van der Waals surface area contributed by atoms with Crippen LogP contribution in [0.25, 0.3) is 10.9 Å². The smallest absolute Gasteiger partial charge is 0.337 e. The Hall–Kier alpha value is -3.84.